The van der Waals surface area contributed by atoms with E-state index in [1.54, 1.807) is 6.92 Å². The van der Waals surface area contributed by atoms with E-state index in [4.69, 9.17) is 10.5 Å². The number of carbonyl (C=O) groups excluding carboxylic acids is 1. The van der Waals surface area contributed by atoms with Crippen LogP contribution in [0.4, 0.5) is 0 Å². The molecule has 1 rings (SSSR count). The molecule has 0 aliphatic carbocycles. The molecule has 0 atom stereocenters. The minimum Gasteiger partial charge on any atom is -0.506 e. The van der Waals surface area contributed by atoms with Crippen molar-refractivity contribution in [2.75, 3.05) is 0 Å². The van der Waals surface area contributed by atoms with Crippen molar-refractivity contribution in [2.45, 2.75) is 6.92 Å². The SMILES string of the molecule is Cc1c(O)c[nH]c1C(=O)NC=N. The Bertz CT molecular complexity index is 316. The van der Waals surface area contributed by atoms with Gasteiger partial charge >= 0.3 is 0 Å². The van der Waals surface area contributed by atoms with Crippen LogP contribution in [0.3, 0.4) is 0 Å². The second-order valence-corrected chi connectivity index (χ2v) is 2.29. The molecule has 0 fully saturated rings. The fourth-order valence-corrected chi connectivity index (χ4v) is 0.859. The van der Waals surface area contributed by atoms with Gasteiger partial charge in [-0.3, -0.25) is 10.2 Å². The van der Waals surface area contributed by atoms with Crippen LogP contribution in [0.1, 0.15) is 16.1 Å². The van der Waals surface area contributed by atoms with E-state index in [0.29, 0.717) is 5.56 Å². The van der Waals surface area contributed by atoms with Gasteiger partial charge in [-0.2, -0.15) is 0 Å². The lowest BCUT2D eigenvalue weighted by atomic mass is 10.2. The molecule has 1 aromatic rings. The highest BCUT2D eigenvalue weighted by Crippen LogP contribution is 2.18. The monoisotopic (exact) mass is 167 g/mol. The summed E-state index contributed by atoms with van der Waals surface area (Å²) in [5.41, 5.74) is 0.755. The second-order valence-electron chi connectivity index (χ2n) is 2.29. The van der Waals surface area contributed by atoms with Crippen molar-refractivity contribution < 1.29 is 9.90 Å². The lowest BCUT2D eigenvalue weighted by Crippen LogP contribution is -2.21. The molecule has 1 aromatic heterocycles. The molecule has 1 amide bonds. The minimum atomic E-state index is -0.428. The van der Waals surface area contributed by atoms with E-state index in [-0.39, 0.29) is 11.4 Å². The summed E-state index contributed by atoms with van der Waals surface area (Å²) in [6.45, 7) is 1.62. The molecule has 0 saturated heterocycles. The summed E-state index contributed by atoms with van der Waals surface area (Å²) in [6.07, 6.45) is 2.12. The molecule has 0 spiro atoms. The largest absolute Gasteiger partial charge is 0.506 e. The number of aromatic hydroxyl groups is 1. The third-order valence-corrected chi connectivity index (χ3v) is 1.54. The van der Waals surface area contributed by atoms with E-state index in [2.05, 4.69) is 10.3 Å². The van der Waals surface area contributed by atoms with Gasteiger partial charge in [-0.25, -0.2) is 0 Å². The van der Waals surface area contributed by atoms with Crippen molar-refractivity contribution >= 4 is 12.2 Å². The van der Waals surface area contributed by atoms with E-state index in [0.717, 1.165) is 6.34 Å². The Balaban J connectivity index is 2.95. The predicted molar refractivity (Wildman–Crippen MR) is 43.4 cm³/mol. The molecular formula is C7H9N3O2. The predicted octanol–water partition coefficient (Wildman–Crippen LogP) is 0.366. The Morgan fingerprint density at radius 1 is 1.83 bits per heavy atom. The summed E-state index contributed by atoms with van der Waals surface area (Å²) in [5, 5.41) is 17.9. The fourth-order valence-electron chi connectivity index (χ4n) is 0.859. The average molecular weight is 167 g/mol. The molecule has 64 valence electrons. The summed E-state index contributed by atoms with van der Waals surface area (Å²) in [7, 11) is 0. The topological polar surface area (TPSA) is 89.0 Å². The first-order valence-corrected chi connectivity index (χ1v) is 3.33. The number of amides is 1. The molecule has 5 nitrogen and oxygen atoms in total. The zero-order chi connectivity index (χ0) is 9.14. The highest BCUT2D eigenvalue weighted by Gasteiger charge is 2.11. The molecule has 0 aromatic carbocycles. The van der Waals surface area contributed by atoms with Crippen LogP contribution in [0.2, 0.25) is 0 Å². The Hall–Kier alpha value is -1.78. The molecule has 0 aliphatic heterocycles. The number of carbonyl (C=O) groups is 1. The number of H-pyrrole nitrogens is 1. The maximum Gasteiger partial charge on any atom is 0.273 e. The number of hydrogen-bond acceptors (Lipinski definition) is 3. The van der Waals surface area contributed by atoms with Gasteiger partial charge in [0.1, 0.15) is 11.4 Å². The lowest BCUT2D eigenvalue weighted by Gasteiger charge is -1.96. The van der Waals surface area contributed by atoms with Crippen LogP contribution in [0.15, 0.2) is 6.20 Å². The quantitative estimate of drug-likeness (QED) is 0.378. The van der Waals surface area contributed by atoms with E-state index in [1.165, 1.54) is 6.20 Å². The molecule has 0 radical (unpaired) electrons. The van der Waals surface area contributed by atoms with Gasteiger partial charge in [-0.15, -0.1) is 0 Å². The summed E-state index contributed by atoms with van der Waals surface area (Å²) in [6, 6.07) is 0. The van der Waals surface area contributed by atoms with Crippen LogP contribution in [-0.4, -0.2) is 22.3 Å². The maximum atomic E-state index is 11.1. The maximum absolute atomic E-state index is 11.1. The molecule has 0 unspecified atom stereocenters. The third-order valence-electron chi connectivity index (χ3n) is 1.54. The number of aromatic amines is 1. The second kappa shape index (κ2) is 3.08. The van der Waals surface area contributed by atoms with Crippen molar-refractivity contribution in [2.24, 2.45) is 0 Å². The Morgan fingerprint density at radius 3 is 2.92 bits per heavy atom. The normalized spacial score (nSPS) is 9.42. The zero-order valence-corrected chi connectivity index (χ0v) is 6.51. The van der Waals surface area contributed by atoms with Crippen molar-refractivity contribution in [3.8, 4) is 5.75 Å². The minimum absolute atomic E-state index is 0.0464. The van der Waals surface area contributed by atoms with Crippen molar-refractivity contribution in [3.05, 3.63) is 17.5 Å². The number of nitrogens with one attached hydrogen (secondary N) is 3. The van der Waals surface area contributed by atoms with Gasteiger partial charge in [0.25, 0.3) is 5.91 Å². The summed E-state index contributed by atoms with van der Waals surface area (Å²) in [4.78, 5) is 13.7. The first-order chi connectivity index (χ1) is 5.66. The number of aromatic nitrogens is 1. The summed E-state index contributed by atoms with van der Waals surface area (Å²) >= 11 is 0. The highest BCUT2D eigenvalue weighted by molar-refractivity contribution is 6.00. The van der Waals surface area contributed by atoms with Crippen LogP contribution in [-0.2, 0) is 0 Å². The van der Waals surface area contributed by atoms with E-state index >= 15 is 0 Å². The Morgan fingerprint density at radius 2 is 2.50 bits per heavy atom. The zero-order valence-electron chi connectivity index (χ0n) is 6.51. The molecule has 0 bridgehead atoms. The van der Waals surface area contributed by atoms with Crippen molar-refractivity contribution in [1.29, 1.82) is 5.41 Å². The third kappa shape index (κ3) is 1.29. The van der Waals surface area contributed by atoms with Gasteiger partial charge in [0, 0.05) is 11.8 Å². The average Bonchev–Trinajstić information content (AvgIpc) is 2.34. The van der Waals surface area contributed by atoms with Crippen LogP contribution in [0, 0.1) is 12.3 Å². The molecule has 12 heavy (non-hydrogen) atoms. The van der Waals surface area contributed by atoms with Crippen molar-refractivity contribution in [1.82, 2.24) is 10.3 Å². The Labute approximate surface area is 68.9 Å². The molecule has 1 heterocycles. The lowest BCUT2D eigenvalue weighted by molar-refractivity contribution is 0.0973. The van der Waals surface area contributed by atoms with Gasteiger partial charge in [0.15, 0.2) is 0 Å². The first-order valence-electron chi connectivity index (χ1n) is 3.33. The van der Waals surface area contributed by atoms with Crippen molar-refractivity contribution in [3.63, 3.8) is 0 Å². The molecular weight excluding hydrogens is 158 g/mol. The number of hydrogen-bond donors (Lipinski definition) is 4. The van der Waals surface area contributed by atoms with Crippen LogP contribution in [0.25, 0.3) is 0 Å². The van der Waals surface area contributed by atoms with Gasteiger partial charge in [0.05, 0.1) is 6.34 Å². The van der Waals surface area contributed by atoms with Crippen LogP contribution in [0.5, 0.6) is 5.75 Å². The highest BCUT2D eigenvalue weighted by atomic mass is 16.3. The van der Waals surface area contributed by atoms with Gasteiger partial charge in [-0.1, -0.05) is 0 Å². The van der Waals surface area contributed by atoms with Crippen LogP contribution >= 0.6 is 0 Å². The standard InChI is InChI=1S/C7H9N3O2/c1-4-5(11)2-9-6(4)7(12)10-3-8/h2-3,9,11H,1H3,(H2,8,10,12). The molecule has 0 saturated carbocycles. The smallest absolute Gasteiger partial charge is 0.273 e. The van der Waals surface area contributed by atoms with Gasteiger partial charge < -0.3 is 15.4 Å². The number of rotatable bonds is 2. The molecule has 4 N–H and O–H groups in total. The van der Waals surface area contributed by atoms with Gasteiger partial charge in [0.2, 0.25) is 0 Å². The first kappa shape index (κ1) is 8.32. The van der Waals surface area contributed by atoms with Gasteiger partial charge in [-0.05, 0) is 6.92 Å². The van der Waals surface area contributed by atoms with E-state index in [9.17, 15) is 4.79 Å². The summed E-state index contributed by atoms with van der Waals surface area (Å²) < 4.78 is 0. The summed E-state index contributed by atoms with van der Waals surface area (Å²) in [5.74, 6) is -0.382. The molecule has 5 heteroatoms. The van der Waals surface area contributed by atoms with E-state index in [1.807, 2.05) is 0 Å². The van der Waals surface area contributed by atoms with Crippen LogP contribution < -0.4 is 5.32 Å². The Kier molecular flexibility index (Phi) is 2.14. The van der Waals surface area contributed by atoms with E-state index < -0.39 is 5.91 Å². The fraction of sp³-hybridized carbons (Fsp3) is 0.143. The molecule has 0 aliphatic rings.